The number of hydrogen-bond donors (Lipinski definition) is 2. The highest BCUT2D eigenvalue weighted by atomic mass is 35.5. The zero-order valence-corrected chi connectivity index (χ0v) is 9.89. The van der Waals surface area contributed by atoms with Gasteiger partial charge >= 0.3 is 0 Å². The van der Waals surface area contributed by atoms with Crippen molar-refractivity contribution in [2.45, 2.75) is 19.4 Å². The van der Waals surface area contributed by atoms with Crippen molar-refractivity contribution in [3.63, 3.8) is 0 Å². The van der Waals surface area contributed by atoms with E-state index in [1.807, 2.05) is 0 Å². The third-order valence-corrected chi connectivity index (χ3v) is 2.67. The van der Waals surface area contributed by atoms with Crippen LogP contribution in [-0.4, -0.2) is 22.8 Å². The summed E-state index contributed by atoms with van der Waals surface area (Å²) in [5, 5.41) is 13.0. The molecule has 0 unspecified atom stereocenters. The van der Waals surface area contributed by atoms with Gasteiger partial charge in [-0.25, -0.2) is 5.43 Å². The minimum Gasteiger partial charge on any atom is -0.381 e. The first-order valence-electron chi connectivity index (χ1n) is 4.21. The number of carbonyl (C=O) groups is 1. The Hall–Kier alpha value is -0.910. The smallest absolute Gasteiger partial charge is 0.271 e. The van der Waals surface area contributed by atoms with Gasteiger partial charge in [0.05, 0.1) is 10.6 Å². The predicted octanol–water partition coefficient (Wildman–Crippen LogP) is 1.62. The molecule has 1 heterocycles. The van der Waals surface area contributed by atoms with Crippen molar-refractivity contribution >= 4 is 35.1 Å². The number of hydrogen-bond acceptors (Lipinski definition) is 4. The van der Waals surface area contributed by atoms with E-state index in [0.29, 0.717) is 4.34 Å². The molecule has 2 N–H and O–H groups in total. The Morgan fingerprint density at radius 2 is 2.33 bits per heavy atom. The molecule has 0 fully saturated rings. The summed E-state index contributed by atoms with van der Waals surface area (Å²) in [6, 6.07) is 3.53. The highest BCUT2D eigenvalue weighted by molar-refractivity contribution is 7.17. The fourth-order valence-electron chi connectivity index (χ4n) is 0.689. The maximum Gasteiger partial charge on any atom is 0.271 e. The van der Waals surface area contributed by atoms with Crippen molar-refractivity contribution in [3.05, 3.63) is 21.3 Å². The average molecular weight is 247 g/mol. The Labute approximate surface area is 96.6 Å². The number of nitrogens with one attached hydrogen (secondary N) is 1. The molecule has 4 nitrogen and oxygen atoms in total. The van der Waals surface area contributed by atoms with E-state index < -0.39 is 11.5 Å². The van der Waals surface area contributed by atoms with E-state index in [-0.39, 0.29) is 0 Å². The van der Waals surface area contributed by atoms with Gasteiger partial charge in [0.2, 0.25) is 0 Å². The van der Waals surface area contributed by atoms with Gasteiger partial charge in [-0.1, -0.05) is 11.6 Å². The summed E-state index contributed by atoms with van der Waals surface area (Å²) in [6.07, 6.45) is 1.47. The normalized spacial score (nSPS) is 12.0. The Morgan fingerprint density at radius 3 is 2.80 bits per heavy atom. The Bertz CT molecular complexity index is 382. The lowest BCUT2D eigenvalue weighted by molar-refractivity contribution is -0.136. The average Bonchev–Trinajstić information content (AvgIpc) is 2.49. The van der Waals surface area contributed by atoms with Gasteiger partial charge in [-0.3, -0.25) is 4.79 Å². The van der Waals surface area contributed by atoms with Crippen LogP contribution in [0.3, 0.4) is 0 Å². The first kappa shape index (κ1) is 12.2. The van der Waals surface area contributed by atoms with Crippen molar-refractivity contribution in [2.75, 3.05) is 0 Å². The monoisotopic (exact) mass is 246 g/mol. The second kappa shape index (κ2) is 4.74. The predicted molar refractivity (Wildman–Crippen MR) is 61.4 cm³/mol. The highest BCUT2D eigenvalue weighted by Crippen LogP contribution is 2.19. The lowest BCUT2D eigenvalue weighted by atomic mass is 10.1. The topological polar surface area (TPSA) is 61.7 Å². The molecule has 0 saturated heterocycles. The molecule has 0 spiro atoms. The van der Waals surface area contributed by atoms with Crippen LogP contribution in [0.4, 0.5) is 0 Å². The molecule has 1 aromatic rings. The Morgan fingerprint density at radius 1 is 1.67 bits per heavy atom. The van der Waals surface area contributed by atoms with Crippen molar-refractivity contribution < 1.29 is 9.90 Å². The molecular formula is C9H11ClN2O2S. The molecule has 0 saturated carbocycles. The fourth-order valence-corrected chi connectivity index (χ4v) is 1.62. The van der Waals surface area contributed by atoms with Gasteiger partial charge in [-0.15, -0.1) is 11.3 Å². The SMILES string of the molecule is CC(C)(O)C(=O)N/N=C/c1ccc(Cl)s1. The molecule has 82 valence electrons. The number of hydrazone groups is 1. The molecule has 0 aliphatic heterocycles. The van der Waals surface area contributed by atoms with Crippen LogP contribution in [0, 0.1) is 0 Å². The molecule has 6 heteroatoms. The van der Waals surface area contributed by atoms with E-state index in [0.717, 1.165) is 4.88 Å². The summed E-state index contributed by atoms with van der Waals surface area (Å²) in [5.74, 6) is -0.554. The van der Waals surface area contributed by atoms with Crippen LogP contribution < -0.4 is 5.43 Å². The molecule has 1 aromatic heterocycles. The largest absolute Gasteiger partial charge is 0.381 e. The molecule has 0 aliphatic rings. The third kappa shape index (κ3) is 3.99. The summed E-state index contributed by atoms with van der Waals surface area (Å²) in [7, 11) is 0. The standard InChI is InChI=1S/C9H11ClN2O2S/c1-9(2,14)8(13)12-11-5-6-3-4-7(10)15-6/h3-5,14H,1-2H3,(H,12,13)/b11-5+. The van der Waals surface area contributed by atoms with Gasteiger partial charge in [-0.2, -0.15) is 5.10 Å². The minimum absolute atomic E-state index is 0.554. The third-order valence-electron chi connectivity index (χ3n) is 1.51. The number of halogens is 1. The van der Waals surface area contributed by atoms with Gasteiger partial charge in [0.25, 0.3) is 5.91 Å². The zero-order valence-electron chi connectivity index (χ0n) is 8.32. The minimum atomic E-state index is -1.43. The van der Waals surface area contributed by atoms with Gasteiger partial charge in [0, 0.05) is 4.88 Å². The van der Waals surface area contributed by atoms with Crippen LogP contribution in [0.5, 0.6) is 0 Å². The summed E-state index contributed by atoms with van der Waals surface area (Å²) in [5.41, 5.74) is 0.798. The fraction of sp³-hybridized carbons (Fsp3) is 0.333. The molecule has 1 rings (SSSR count). The molecule has 0 aromatic carbocycles. The first-order valence-corrected chi connectivity index (χ1v) is 5.40. The van der Waals surface area contributed by atoms with E-state index in [1.54, 1.807) is 12.1 Å². The highest BCUT2D eigenvalue weighted by Gasteiger charge is 2.22. The molecule has 1 amide bonds. The Kier molecular flexibility index (Phi) is 3.84. The first-order chi connectivity index (χ1) is 6.89. The second-order valence-corrected chi connectivity index (χ2v) is 5.15. The van der Waals surface area contributed by atoms with Crippen LogP contribution in [-0.2, 0) is 4.79 Å². The molecule has 0 aliphatic carbocycles. The lowest BCUT2D eigenvalue weighted by Gasteiger charge is -2.13. The van der Waals surface area contributed by atoms with E-state index in [4.69, 9.17) is 11.6 Å². The number of aliphatic hydroxyl groups is 1. The zero-order chi connectivity index (χ0) is 11.5. The quantitative estimate of drug-likeness (QED) is 0.629. The molecule has 0 radical (unpaired) electrons. The number of carbonyl (C=O) groups excluding carboxylic acids is 1. The van der Waals surface area contributed by atoms with Crippen LogP contribution in [0.1, 0.15) is 18.7 Å². The van der Waals surface area contributed by atoms with E-state index >= 15 is 0 Å². The van der Waals surface area contributed by atoms with Crippen molar-refractivity contribution in [3.8, 4) is 0 Å². The summed E-state index contributed by atoms with van der Waals surface area (Å²) in [6.45, 7) is 2.78. The van der Waals surface area contributed by atoms with Crippen LogP contribution >= 0.6 is 22.9 Å². The number of thiophene rings is 1. The van der Waals surface area contributed by atoms with Crippen molar-refractivity contribution in [2.24, 2.45) is 5.10 Å². The maximum atomic E-state index is 11.2. The van der Waals surface area contributed by atoms with Gasteiger partial charge in [-0.05, 0) is 26.0 Å². The Balaban J connectivity index is 2.51. The maximum absolute atomic E-state index is 11.2. The summed E-state index contributed by atoms with van der Waals surface area (Å²) in [4.78, 5) is 12.0. The number of rotatable bonds is 3. The molecule has 0 bridgehead atoms. The van der Waals surface area contributed by atoms with Crippen LogP contribution in [0.15, 0.2) is 17.2 Å². The lowest BCUT2D eigenvalue weighted by Crippen LogP contribution is -2.39. The van der Waals surface area contributed by atoms with Crippen molar-refractivity contribution in [1.82, 2.24) is 5.43 Å². The summed E-state index contributed by atoms with van der Waals surface area (Å²) < 4.78 is 0.658. The molecule has 0 atom stereocenters. The van der Waals surface area contributed by atoms with E-state index in [1.165, 1.54) is 31.4 Å². The van der Waals surface area contributed by atoms with Crippen LogP contribution in [0.2, 0.25) is 4.34 Å². The van der Waals surface area contributed by atoms with E-state index in [9.17, 15) is 9.90 Å². The van der Waals surface area contributed by atoms with Crippen molar-refractivity contribution in [1.29, 1.82) is 0 Å². The number of nitrogens with zero attached hydrogens (tertiary/aromatic N) is 1. The number of amides is 1. The van der Waals surface area contributed by atoms with Gasteiger partial charge < -0.3 is 5.11 Å². The molecule has 15 heavy (non-hydrogen) atoms. The van der Waals surface area contributed by atoms with Gasteiger partial charge in [0.1, 0.15) is 5.60 Å². The van der Waals surface area contributed by atoms with E-state index in [2.05, 4.69) is 10.5 Å². The summed E-state index contributed by atoms with van der Waals surface area (Å²) >= 11 is 7.05. The van der Waals surface area contributed by atoms with Gasteiger partial charge in [0.15, 0.2) is 0 Å². The molecular weight excluding hydrogens is 236 g/mol. The van der Waals surface area contributed by atoms with Crippen LogP contribution in [0.25, 0.3) is 0 Å². The second-order valence-electron chi connectivity index (χ2n) is 3.40.